The first-order valence-electron chi connectivity index (χ1n) is 5.63. The van der Waals surface area contributed by atoms with Crippen molar-refractivity contribution in [2.45, 2.75) is 24.3 Å². The number of benzene rings is 1. The Bertz CT molecular complexity index is 641. The second-order valence-corrected chi connectivity index (χ2v) is 6.78. The van der Waals surface area contributed by atoms with E-state index in [0.29, 0.717) is 0 Å². The van der Waals surface area contributed by atoms with Crippen LogP contribution in [-0.4, -0.2) is 37.7 Å². The predicted octanol–water partition coefficient (Wildman–Crippen LogP) is 1.34. The lowest BCUT2D eigenvalue weighted by Gasteiger charge is -2.12. The van der Waals surface area contributed by atoms with Gasteiger partial charge in [0.2, 0.25) is 0 Å². The molecule has 0 aromatic heterocycles. The number of halogens is 1. The minimum absolute atomic E-state index is 0.0302. The monoisotopic (exact) mass is 319 g/mol. The van der Waals surface area contributed by atoms with E-state index in [9.17, 15) is 18.0 Å². The highest BCUT2D eigenvalue weighted by Crippen LogP contribution is 2.22. The van der Waals surface area contributed by atoms with E-state index in [1.807, 2.05) is 0 Å². The highest BCUT2D eigenvalue weighted by molar-refractivity contribution is 7.90. The van der Waals surface area contributed by atoms with Crippen molar-refractivity contribution in [3.8, 4) is 0 Å². The zero-order valence-electron chi connectivity index (χ0n) is 10.9. The van der Waals surface area contributed by atoms with Crippen LogP contribution in [0.1, 0.15) is 23.7 Å². The SMILES string of the molecule is CC(CC(=O)O)NC(=O)c1ccc(Cl)c(S(C)(=O)=O)c1. The number of carboxylic acids is 1. The number of amides is 1. The summed E-state index contributed by atoms with van der Waals surface area (Å²) in [4.78, 5) is 22.3. The van der Waals surface area contributed by atoms with E-state index in [2.05, 4.69) is 5.32 Å². The van der Waals surface area contributed by atoms with E-state index in [1.54, 1.807) is 6.92 Å². The van der Waals surface area contributed by atoms with Crippen molar-refractivity contribution in [2.24, 2.45) is 0 Å². The first kappa shape index (κ1) is 16.5. The molecule has 0 aliphatic heterocycles. The molecule has 0 fully saturated rings. The summed E-state index contributed by atoms with van der Waals surface area (Å²) in [6.07, 6.45) is 0.765. The average Bonchev–Trinajstić information content (AvgIpc) is 2.26. The highest BCUT2D eigenvalue weighted by atomic mass is 35.5. The Morgan fingerprint density at radius 1 is 1.40 bits per heavy atom. The summed E-state index contributed by atoms with van der Waals surface area (Å²) in [5, 5.41) is 11.1. The van der Waals surface area contributed by atoms with Crippen LogP contribution in [0, 0.1) is 0 Å². The lowest BCUT2D eigenvalue weighted by molar-refractivity contribution is -0.137. The molecule has 2 N–H and O–H groups in total. The Morgan fingerprint density at radius 2 is 2.00 bits per heavy atom. The molecule has 6 nitrogen and oxygen atoms in total. The standard InChI is InChI=1S/C12H14ClNO5S/c1-7(5-11(15)16)14-12(17)8-3-4-9(13)10(6-8)20(2,18)19/h3-4,6-7H,5H2,1-2H3,(H,14,17)(H,15,16). The summed E-state index contributed by atoms with van der Waals surface area (Å²) in [5.41, 5.74) is 0.104. The summed E-state index contributed by atoms with van der Waals surface area (Å²) in [5.74, 6) is -1.59. The van der Waals surface area contributed by atoms with Crippen molar-refractivity contribution in [1.82, 2.24) is 5.32 Å². The molecule has 0 aliphatic carbocycles. The number of aliphatic carboxylic acids is 1. The fraction of sp³-hybridized carbons (Fsp3) is 0.333. The van der Waals surface area contributed by atoms with Gasteiger partial charge in [-0.05, 0) is 25.1 Å². The zero-order chi connectivity index (χ0) is 15.5. The topological polar surface area (TPSA) is 101 Å². The predicted molar refractivity (Wildman–Crippen MR) is 73.7 cm³/mol. The van der Waals surface area contributed by atoms with Gasteiger partial charge in [-0.1, -0.05) is 11.6 Å². The first-order chi connectivity index (χ1) is 9.11. The molecule has 0 heterocycles. The van der Waals surface area contributed by atoms with E-state index in [4.69, 9.17) is 16.7 Å². The largest absolute Gasteiger partial charge is 0.481 e. The molecule has 1 atom stereocenters. The van der Waals surface area contributed by atoms with E-state index in [-0.39, 0.29) is 21.9 Å². The summed E-state index contributed by atoms with van der Waals surface area (Å²) in [6.45, 7) is 1.54. The number of rotatable bonds is 5. The highest BCUT2D eigenvalue weighted by Gasteiger charge is 2.17. The molecule has 1 unspecified atom stereocenters. The molecule has 0 radical (unpaired) electrons. The lowest BCUT2D eigenvalue weighted by Crippen LogP contribution is -2.34. The van der Waals surface area contributed by atoms with E-state index in [1.165, 1.54) is 18.2 Å². The van der Waals surface area contributed by atoms with Crippen LogP contribution in [0.2, 0.25) is 5.02 Å². The van der Waals surface area contributed by atoms with Crippen LogP contribution in [0.5, 0.6) is 0 Å². The Kier molecular flexibility index (Phi) is 5.13. The van der Waals surface area contributed by atoms with E-state index >= 15 is 0 Å². The maximum atomic E-state index is 11.9. The van der Waals surface area contributed by atoms with Crippen LogP contribution in [0.3, 0.4) is 0 Å². The molecular formula is C12H14ClNO5S. The smallest absolute Gasteiger partial charge is 0.305 e. The van der Waals surface area contributed by atoms with Crippen molar-refractivity contribution in [3.63, 3.8) is 0 Å². The van der Waals surface area contributed by atoms with Gasteiger partial charge in [0.05, 0.1) is 16.3 Å². The second kappa shape index (κ2) is 6.23. The Labute approximate surface area is 121 Å². The van der Waals surface area contributed by atoms with Gasteiger partial charge in [0, 0.05) is 17.9 Å². The molecule has 20 heavy (non-hydrogen) atoms. The maximum Gasteiger partial charge on any atom is 0.305 e. The second-order valence-electron chi connectivity index (χ2n) is 4.39. The minimum Gasteiger partial charge on any atom is -0.481 e. The van der Waals surface area contributed by atoms with E-state index in [0.717, 1.165) is 6.26 Å². The van der Waals surface area contributed by atoms with Crippen LogP contribution in [0.15, 0.2) is 23.1 Å². The molecule has 8 heteroatoms. The molecule has 1 aromatic rings. The molecule has 1 aromatic carbocycles. The van der Waals surface area contributed by atoms with Gasteiger partial charge in [0.15, 0.2) is 9.84 Å². The number of carbonyl (C=O) groups is 2. The Balaban J connectivity index is 2.98. The normalized spacial score (nSPS) is 12.8. The molecular weight excluding hydrogens is 306 g/mol. The number of nitrogens with one attached hydrogen (secondary N) is 1. The first-order valence-corrected chi connectivity index (χ1v) is 7.90. The molecule has 0 saturated heterocycles. The van der Waals surface area contributed by atoms with Crippen LogP contribution in [0.4, 0.5) is 0 Å². The molecule has 1 amide bonds. The summed E-state index contributed by atoms with van der Waals surface area (Å²) in [6, 6.07) is 3.28. The molecule has 110 valence electrons. The van der Waals surface area contributed by atoms with Crippen molar-refractivity contribution in [3.05, 3.63) is 28.8 Å². The maximum absolute atomic E-state index is 11.9. The van der Waals surface area contributed by atoms with Gasteiger partial charge in [-0.2, -0.15) is 0 Å². The number of carboxylic acid groups (broad SMARTS) is 1. The third kappa shape index (κ3) is 4.50. The van der Waals surface area contributed by atoms with Crippen molar-refractivity contribution in [2.75, 3.05) is 6.26 Å². The zero-order valence-corrected chi connectivity index (χ0v) is 12.5. The average molecular weight is 320 g/mol. The van der Waals surface area contributed by atoms with Crippen LogP contribution >= 0.6 is 11.6 Å². The van der Waals surface area contributed by atoms with Gasteiger partial charge in [0.25, 0.3) is 5.91 Å². The van der Waals surface area contributed by atoms with Crippen LogP contribution < -0.4 is 5.32 Å². The molecule has 0 saturated carbocycles. The lowest BCUT2D eigenvalue weighted by atomic mass is 10.2. The van der Waals surface area contributed by atoms with Gasteiger partial charge in [0.1, 0.15) is 0 Å². The summed E-state index contributed by atoms with van der Waals surface area (Å²) in [7, 11) is -3.54. The number of hydrogen-bond acceptors (Lipinski definition) is 4. The fourth-order valence-electron chi connectivity index (χ4n) is 1.55. The third-order valence-corrected chi connectivity index (χ3v) is 4.03. The number of carbonyl (C=O) groups excluding carboxylic acids is 1. The van der Waals surface area contributed by atoms with Crippen molar-refractivity contribution in [1.29, 1.82) is 0 Å². The Hall–Kier alpha value is -1.60. The Morgan fingerprint density at radius 3 is 2.50 bits per heavy atom. The quantitative estimate of drug-likeness (QED) is 0.853. The van der Waals surface area contributed by atoms with Crippen molar-refractivity contribution < 1.29 is 23.1 Å². The van der Waals surface area contributed by atoms with Gasteiger partial charge < -0.3 is 10.4 Å². The summed E-state index contributed by atoms with van der Waals surface area (Å²) >= 11 is 5.77. The summed E-state index contributed by atoms with van der Waals surface area (Å²) < 4.78 is 23.0. The fourth-order valence-corrected chi connectivity index (χ4v) is 2.85. The van der Waals surface area contributed by atoms with Crippen LogP contribution in [-0.2, 0) is 14.6 Å². The third-order valence-electron chi connectivity index (χ3n) is 2.45. The van der Waals surface area contributed by atoms with Crippen LogP contribution in [0.25, 0.3) is 0 Å². The van der Waals surface area contributed by atoms with Gasteiger partial charge in [-0.25, -0.2) is 8.42 Å². The van der Waals surface area contributed by atoms with Gasteiger partial charge >= 0.3 is 5.97 Å². The van der Waals surface area contributed by atoms with Crippen molar-refractivity contribution >= 4 is 33.3 Å². The molecule has 0 aliphatic rings. The minimum atomic E-state index is -3.54. The molecule has 1 rings (SSSR count). The molecule has 0 spiro atoms. The number of hydrogen-bond donors (Lipinski definition) is 2. The molecule has 0 bridgehead atoms. The van der Waals surface area contributed by atoms with Gasteiger partial charge in [-0.3, -0.25) is 9.59 Å². The van der Waals surface area contributed by atoms with E-state index < -0.39 is 27.8 Å². The van der Waals surface area contributed by atoms with Gasteiger partial charge in [-0.15, -0.1) is 0 Å². The number of sulfone groups is 1.